The fourth-order valence-electron chi connectivity index (χ4n) is 2.07. The summed E-state index contributed by atoms with van der Waals surface area (Å²) in [6.45, 7) is 3.06. The number of carbonyl (C=O) groups excluding carboxylic acids is 1. The Morgan fingerprint density at radius 3 is 2.78 bits per heavy atom. The van der Waals surface area contributed by atoms with Crippen molar-refractivity contribution in [1.82, 2.24) is 4.98 Å². The Labute approximate surface area is 146 Å². The smallest absolute Gasteiger partial charge is 0.257 e. The SMILES string of the molecule is CCCCN(C)c1cncc(C(=O)Nc2cc(Cl)ccc2Cl)c1. The van der Waals surface area contributed by atoms with Gasteiger partial charge >= 0.3 is 0 Å². The van der Waals surface area contributed by atoms with E-state index in [-0.39, 0.29) is 5.91 Å². The van der Waals surface area contributed by atoms with Crippen LogP contribution in [0.25, 0.3) is 0 Å². The van der Waals surface area contributed by atoms with Crippen LogP contribution in [0.15, 0.2) is 36.7 Å². The fourth-order valence-corrected chi connectivity index (χ4v) is 2.41. The second kappa shape index (κ2) is 8.18. The second-order valence-corrected chi connectivity index (χ2v) is 6.13. The van der Waals surface area contributed by atoms with Gasteiger partial charge in [0.15, 0.2) is 0 Å². The van der Waals surface area contributed by atoms with Crippen molar-refractivity contribution in [3.8, 4) is 0 Å². The molecule has 0 aliphatic carbocycles. The molecule has 1 aromatic heterocycles. The normalized spacial score (nSPS) is 10.4. The Hall–Kier alpha value is -1.78. The molecule has 0 bridgehead atoms. The number of nitrogens with one attached hydrogen (secondary N) is 1. The predicted molar refractivity (Wildman–Crippen MR) is 96.8 cm³/mol. The molecule has 0 unspecified atom stereocenters. The molecule has 0 saturated heterocycles. The molecule has 1 heterocycles. The van der Waals surface area contributed by atoms with E-state index in [1.807, 2.05) is 13.1 Å². The number of aromatic nitrogens is 1. The van der Waals surface area contributed by atoms with E-state index < -0.39 is 0 Å². The number of pyridine rings is 1. The maximum absolute atomic E-state index is 12.4. The summed E-state index contributed by atoms with van der Waals surface area (Å²) in [5.41, 5.74) is 1.86. The van der Waals surface area contributed by atoms with Crippen LogP contribution in [-0.4, -0.2) is 24.5 Å². The van der Waals surface area contributed by atoms with Gasteiger partial charge in [-0.2, -0.15) is 0 Å². The molecule has 0 radical (unpaired) electrons. The van der Waals surface area contributed by atoms with E-state index in [0.717, 1.165) is 25.1 Å². The number of rotatable bonds is 6. The lowest BCUT2D eigenvalue weighted by molar-refractivity contribution is 0.102. The molecule has 0 aliphatic heterocycles. The number of unbranched alkanes of at least 4 members (excludes halogenated alkanes) is 1. The first-order valence-electron chi connectivity index (χ1n) is 7.44. The van der Waals surface area contributed by atoms with E-state index >= 15 is 0 Å². The van der Waals surface area contributed by atoms with Crippen LogP contribution in [0, 0.1) is 0 Å². The van der Waals surface area contributed by atoms with Crippen LogP contribution in [-0.2, 0) is 0 Å². The zero-order valence-electron chi connectivity index (χ0n) is 13.1. The van der Waals surface area contributed by atoms with Crippen molar-refractivity contribution < 1.29 is 4.79 Å². The highest BCUT2D eigenvalue weighted by molar-refractivity contribution is 6.35. The molecular weight excluding hydrogens is 333 g/mol. The van der Waals surface area contributed by atoms with Crippen molar-refractivity contribution in [2.24, 2.45) is 0 Å². The molecule has 0 aliphatic rings. The number of amides is 1. The van der Waals surface area contributed by atoms with Crippen LogP contribution >= 0.6 is 23.2 Å². The fraction of sp³-hybridized carbons (Fsp3) is 0.294. The van der Waals surface area contributed by atoms with E-state index in [1.165, 1.54) is 6.20 Å². The molecule has 2 aromatic rings. The molecule has 122 valence electrons. The number of anilines is 2. The zero-order valence-corrected chi connectivity index (χ0v) is 14.7. The minimum atomic E-state index is -0.271. The number of carbonyl (C=O) groups is 1. The molecule has 0 atom stereocenters. The van der Waals surface area contributed by atoms with Gasteiger partial charge in [0, 0.05) is 24.8 Å². The van der Waals surface area contributed by atoms with Gasteiger partial charge in [-0.15, -0.1) is 0 Å². The number of benzene rings is 1. The lowest BCUT2D eigenvalue weighted by Crippen LogP contribution is -2.20. The first-order valence-corrected chi connectivity index (χ1v) is 8.19. The highest BCUT2D eigenvalue weighted by atomic mass is 35.5. The number of hydrogen-bond donors (Lipinski definition) is 1. The van der Waals surface area contributed by atoms with Crippen molar-refractivity contribution in [2.45, 2.75) is 19.8 Å². The summed E-state index contributed by atoms with van der Waals surface area (Å²) < 4.78 is 0. The minimum Gasteiger partial charge on any atom is -0.373 e. The third-order valence-electron chi connectivity index (χ3n) is 3.45. The van der Waals surface area contributed by atoms with E-state index in [0.29, 0.717) is 21.3 Å². The highest BCUT2D eigenvalue weighted by Gasteiger charge is 2.11. The van der Waals surface area contributed by atoms with Crippen LogP contribution in [0.5, 0.6) is 0 Å². The summed E-state index contributed by atoms with van der Waals surface area (Å²) >= 11 is 12.0. The molecule has 0 saturated carbocycles. The second-order valence-electron chi connectivity index (χ2n) is 5.29. The molecular formula is C17H19Cl2N3O. The van der Waals surface area contributed by atoms with E-state index in [4.69, 9.17) is 23.2 Å². The van der Waals surface area contributed by atoms with Crippen LogP contribution in [0.1, 0.15) is 30.1 Å². The van der Waals surface area contributed by atoms with Crippen molar-refractivity contribution in [2.75, 3.05) is 23.8 Å². The molecule has 6 heteroatoms. The Bertz CT molecular complexity index is 691. The van der Waals surface area contributed by atoms with E-state index in [1.54, 1.807) is 24.4 Å². The maximum atomic E-state index is 12.4. The monoisotopic (exact) mass is 351 g/mol. The van der Waals surface area contributed by atoms with Crippen molar-refractivity contribution >= 4 is 40.5 Å². The summed E-state index contributed by atoms with van der Waals surface area (Å²) in [5.74, 6) is -0.271. The summed E-state index contributed by atoms with van der Waals surface area (Å²) in [7, 11) is 1.99. The van der Waals surface area contributed by atoms with Crippen molar-refractivity contribution in [3.05, 3.63) is 52.3 Å². The Kier molecular flexibility index (Phi) is 6.25. The molecule has 2 rings (SSSR count). The summed E-state index contributed by atoms with van der Waals surface area (Å²) in [4.78, 5) is 18.6. The van der Waals surface area contributed by atoms with Gasteiger partial charge < -0.3 is 10.2 Å². The molecule has 0 fully saturated rings. The Morgan fingerprint density at radius 2 is 2.04 bits per heavy atom. The van der Waals surface area contributed by atoms with Gasteiger partial charge in [-0.05, 0) is 30.7 Å². The third kappa shape index (κ3) is 4.85. The van der Waals surface area contributed by atoms with E-state index in [9.17, 15) is 4.79 Å². The number of nitrogens with zero attached hydrogens (tertiary/aromatic N) is 2. The minimum absolute atomic E-state index is 0.271. The van der Waals surface area contributed by atoms with Gasteiger partial charge in [0.25, 0.3) is 5.91 Å². The van der Waals surface area contributed by atoms with Crippen LogP contribution in [0.3, 0.4) is 0 Å². The first-order chi connectivity index (χ1) is 11.0. The van der Waals surface area contributed by atoms with E-state index in [2.05, 4.69) is 22.1 Å². The van der Waals surface area contributed by atoms with Gasteiger partial charge in [-0.1, -0.05) is 36.5 Å². The zero-order chi connectivity index (χ0) is 16.8. The van der Waals surface area contributed by atoms with Crippen LogP contribution in [0.4, 0.5) is 11.4 Å². The molecule has 1 amide bonds. The molecule has 23 heavy (non-hydrogen) atoms. The summed E-state index contributed by atoms with van der Waals surface area (Å²) in [5, 5.41) is 3.71. The Morgan fingerprint density at radius 1 is 1.26 bits per heavy atom. The predicted octanol–water partition coefficient (Wildman–Crippen LogP) is 4.88. The van der Waals surface area contributed by atoms with Gasteiger partial charge in [0.1, 0.15) is 0 Å². The van der Waals surface area contributed by atoms with Crippen LogP contribution < -0.4 is 10.2 Å². The standard InChI is InChI=1S/C17H19Cl2N3O/c1-3-4-7-22(2)14-8-12(10-20-11-14)17(23)21-16-9-13(18)5-6-15(16)19/h5-6,8-11H,3-4,7H2,1-2H3,(H,21,23). The van der Waals surface area contributed by atoms with Gasteiger partial charge in [-0.3, -0.25) is 9.78 Å². The summed E-state index contributed by atoms with van der Waals surface area (Å²) in [6.07, 6.45) is 5.49. The number of halogens is 2. The first kappa shape index (κ1) is 17.6. The topological polar surface area (TPSA) is 45.2 Å². The molecule has 4 nitrogen and oxygen atoms in total. The van der Waals surface area contributed by atoms with Gasteiger partial charge in [0.05, 0.1) is 28.2 Å². The third-order valence-corrected chi connectivity index (χ3v) is 4.02. The van der Waals surface area contributed by atoms with Gasteiger partial charge in [0.2, 0.25) is 0 Å². The molecule has 0 spiro atoms. The Balaban J connectivity index is 2.15. The molecule has 1 N–H and O–H groups in total. The summed E-state index contributed by atoms with van der Waals surface area (Å²) in [6, 6.07) is 6.75. The maximum Gasteiger partial charge on any atom is 0.257 e. The highest BCUT2D eigenvalue weighted by Crippen LogP contribution is 2.26. The van der Waals surface area contributed by atoms with Crippen LogP contribution in [0.2, 0.25) is 10.0 Å². The molecule has 1 aromatic carbocycles. The lowest BCUT2D eigenvalue weighted by atomic mass is 10.2. The lowest BCUT2D eigenvalue weighted by Gasteiger charge is -2.19. The average molecular weight is 352 g/mol. The average Bonchev–Trinajstić information content (AvgIpc) is 2.56. The van der Waals surface area contributed by atoms with Gasteiger partial charge in [-0.25, -0.2) is 0 Å². The quantitative estimate of drug-likeness (QED) is 0.806. The van der Waals surface area contributed by atoms with Crippen molar-refractivity contribution in [3.63, 3.8) is 0 Å². The largest absolute Gasteiger partial charge is 0.373 e. The van der Waals surface area contributed by atoms with Crippen molar-refractivity contribution in [1.29, 1.82) is 0 Å². The number of hydrogen-bond acceptors (Lipinski definition) is 3.